The first kappa shape index (κ1) is 14.6. The largest absolute Gasteiger partial charge is 0.370 e. The van der Waals surface area contributed by atoms with Gasteiger partial charge in [0, 0.05) is 37.8 Å². The number of nitrogens with one attached hydrogen (secondary N) is 1. The Labute approximate surface area is 130 Å². The molecule has 0 aliphatic carbocycles. The molecule has 0 saturated carbocycles. The van der Waals surface area contributed by atoms with E-state index < -0.39 is 0 Å². The van der Waals surface area contributed by atoms with Crippen LogP contribution in [0.3, 0.4) is 0 Å². The molecule has 5 nitrogen and oxygen atoms in total. The van der Waals surface area contributed by atoms with Crippen molar-refractivity contribution in [2.45, 2.75) is 25.8 Å². The van der Waals surface area contributed by atoms with E-state index in [2.05, 4.69) is 15.2 Å². The highest BCUT2D eigenvalue weighted by molar-refractivity contribution is 6.29. The van der Waals surface area contributed by atoms with Crippen LogP contribution in [0.2, 0.25) is 5.15 Å². The van der Waals surface area contributed by atoms with Gasteiger partial charge in [0.05, 0.1) is 0 Å². The molecule has 1 aromatic rings. The van der Waals surface area contributed by atoms with Crippen molar-refractivity contribution in [1.29, 1.82) is 0 Å². The van der Waals surface area contributed by atoms with Crippen LogP contribution in [0.25, 0.3) is 0 Å². The van der Waals surface area contributed by atoms with E-state index in [-0.39, 0.29) is 5.91 Å². The summed E-state index contributed by atoms with van der Waals surface area (Å²) < 4.78 is 0. The van der Waals surface area contributed by atoms with Gasteiger partial charge in [-0.3, -0.25) is 9.69 Å². The summed E-state index contributed by atoms with van der Waals surface area (Å²) in [5, 5.41) is 3.47. The highest BCUT2D eigenvalue weighted by atomic mass is 35.5. The highest BCUT2D eigenvalue weighted by Crippen LogP contribution is 2.23. The third-order valence-corrected chi connectivity index (χ3v) is 4.47. The van der Waals surface area contributed by atoms with E-state index in [1.807, 2.05) is 11.8 Å². The average molecular weight is 309 g/mol. The molecule has 3 heterocycles. The van der Waals surface area contributed by atoms with Crippen molar-refractivity contribution >= 4 is 23.3 Å². The second kappa shape index (κ2) is 6.20. The highest BCUT2D eigenvalue weighted by Gasteiger charge is 2.32. The number of nitrogens with zero attached hydrogens (tertiary/aromatic N) is 3. The van der Waals surface area contributed by atoms with Crippen molar-refractivity contribution in [3.05, 3.63) is 22.8 Å². The number of carbonyl (C=O) groups excluding carboxylic acids is 1. The summed E-state index contributed by atoms with van der Waals surface area (Å²) in [7, 11) is 0. The van der Waals surface area contributed by atoms with Gasteiger partial charge in [-0.15, -0.1) is 0 Å². The smallest absolute Gasteiger partial charge is 0.254 e. The first-order valence-electron chi connectivity index (χ1n) is 7.62. The molecule has 0 bridgehead atoms. The molecule has 2 saturated heterocycles. The Morgan fingerprint density at radius 2 is 2.29 bits per heavy atom. The van der Waals surface area contributed by atoms with Crippen molar-refractivity contribution in [2.24, 2.45) is 0 Å². The van der Waals surface area contributed by atoms with Gasteiger partial charge < -0.3 is 10.2 Å². The minimum absolute atomic E-state index is 0.0602. The van der Waals surface area contributed by atoms with Gasteiger partial charge in [-0.25, -0.2) is 4.98 Å². The first-order valence-corrected chi connectivity index (χ1v) is 8.00. The van der Waals surface area contributed by atoms with Gasteiger partial charge in [-0.05, 0) is 38.4 Å². The SMILES string of the molecule is CCNc1cc(C(=O)N2CCN3CCCC3C2)cc(Cl)n1. The number of hydrogen-bond acceptors (Lipinski definition) is 4. The topological polar surface area (TPSA) is 48.5 Å². The molecule has 2 aliphatic rings. The molecule has 21 heavy (non-hydrogen) atoms. The van der Waals surface area contributed by atoms with Gasteiger partial charge in [-0.2, -0.15) is 0 Å². The van der Waals surface area contributed by atoms with Crippen molar-refractivity contribution in [3.8, 4) is 0 Å². The lowest BCUT2D eigenvalue weighted by Crippen LogP contribution is -2.52. The Bertz CT molecular complexity index is 536. The number of fused-ring (bicyclic) bond motifs is 1. The van der Waals surface area contributed by atoms with Gasteiger partial charge in [0.1, 0.15) is 11.0 Å². The molecular formula is C15H21ClN4O. The lowest BCUT2D eigenvalue weighted by molar-refractivity contribution is 0.0571. The van der Waals surface area contributed by atoms with Crippen molar-refractivity contribution in [2.75, 3.05) is 38.0 Å². The normalized spacial score (nSPS) is 22.2. The fraction of sp³-hybridized carbons (Fsp3) is 0.600. The van der Waals surface area contributed by atoms with Crippen LogP contribution in [0.5, 0.6) is 0 Å². The number of halogens is 1. The fourth-order valence-corrected chi connectivity index (χ4v) is 3.46. The van der Waals surface area contributed by atoms with Crippen LogP contribution < -0.4 is 5.32 Å². The van der Waals surface area contributed by atoms with Crippen LogP contribution in [0.4, 0.5) is 5.82 Å². The molecule has 2 fully saturated rings. The van der Waals surface area contributed by atoms with E-state index in [1.165, 1.54) is 19.4 Å². The third-order valence-electron chi connectivity index (χ3n) is 4.27. The van der Waals surface area contributed by atoms with Gasteiger partial charge in [0.25, 0.3) is 5.91 Å². The Kier molecular flexibility index (Phi) is 4.31. The maximum atomic E-state index is 12.7. The fourth-order valence-electron chi connectivity index (χ4n) is 3.25. The van der Waals surface area contributed by atoms with Crippen LogP contribution >= 0.6 is 11.6 Å². The van der Waals surface area contributed by atoms with E-state index in [0.29, 0.717) is 22.6 Å². The number of pyridine rings is 1. The Balaban J connectivity index is 1.75. The number of aromatic nitrogens is 1. The first-order chi connectivity index (χ1) is 10.2. The number of anilines is 1. The summed E-state index contributed by atoms with van der Waals surface area (Å²) in [6.45, 7) is 6.53. The number of amides is 1. The minimum Gasteiger partial charge on any atom is -0.370 e. The molecule has 1 amide bonds. The maximum absolute atomic E-state index is 12.7. The van der Waals surface area contributed by atoms with Crippen LogP contribution in [0.1, 0.15) is 30.1 Å². The Morgan fingerprint density at radius 3 is 3.10 bits per heavy atom. The maximum Gasteiger partial charge on any atom is 0.254 e. The predicted octanol–water partition coefficient (Wildman–Crippen LogP) is 2.09. The quantitative estimate of drug-likeness (QED) is 0.869. The van der Waals surface area contributed by atoms with Crippen molar-refractivity contribution in [1.82, 2.24) is 14.8 Å². The molecule has 0 spiro atoms. The molecule has 114 valence electrons. The molecule has 0 aromatic carbocycles. The van der Waals surface area contributed by atoms with Gasteiger partial charge >= 0.3 is 0 Å². The van der Waals surface area contributed by atoms with E-state index in [9.17, 15) is 4.79 Å². The van der Waals surface area contributed by atoms with Crippen LogP contribution in [-0.2, 0) is 0 Å². The zero-order valence-corrected chi connectivity index (χ0v) is 13.1. The predicted molar refractivity (Wildman–Crippen MR) is 83.9 cm³/mol. The number of piperazine rings is 1. The second-order valence-corrected chi connectivity index (χ2v) is 6.06. The lowest BCUT2D eigenvalue weighted by atomic mass is 10.1. The minimum atomic E-state index is 0.0602. The molecule has 1 aromatic heterocycles. The summed E-state index contributed by atoms with van der Waals surface area (Å²) in [5.41, 5.74) is 0.623. The summed E-state index contributed by atoms with van der Waals surface area (Å²) in [4.78, 5) is 21.3. The molecule has 2 aliphatic heterocycles. The van der Waals surface area contributed by atoms with Gasteiger partial charge in [0.2, 0.25) is 0 Å². The van der Waals surface area contributed by atoms with E-state index in [1.54, 1.807) is 12.1 Å². The molecule has 1 N–H and O–H groups in total. The van der Waals surface area contributed by atoms with E-state index in [0.717, 1.165) is 26.2 Å². The monoisotopic (exact) mass is 308 g/mol. The standard InChI is InChI=1S/C15H21ClN4O/c1-2-17-14-9-11(8-13(16)18-14)15(21)20-7-6-19-5-3-4-12(19)10-20/h8-9,12H,2-7,10H2,1H3,(H,17,18). The Hall–Kier alpha value is -1.33. The second-order valence-electron chi connectivity index (χ2n) is 5.68. The third kappa shape index (κ3) is 3.14. The van der Waals surface area contributed by atoms with Gasteiger partial charge in [0.15, 0.2) is 0 Å². The summed E-state index contributed by atoms with van der Waals surface area (Å²) in [6, 6.07) is 3.98. The zero-order valence-electron chi connectivity index (χ0n) is 12.3. The molecule has 0 radical (unpaired) electrons. The van der Waals surface area contributed by atoms with Crippen molar-refractivity contribution < 1.29 is 4.79 Å². The summed E-state index contributed by atoms with van der Waals surface area (Å²) in [5.74, 6) is 0.720. The molecule has 6 heteroatoms. The zero-order chi connectivity index (χ0) is 14.8. The van der Waals surface area contributed by atoms with E-state index >= 15 is 0 Å². The molecule has 1 unspecified atom stereocenters. The number of rotatable bonds is 3. The van der Waals surface area contributed by atoms with Gasteiger partial charge in [-0.1, -0.05) is 11.6 Å². The van der Waals surface area contributed by atoms with Crippen LogP contribution in [0.15, 0.2) is 12.1 Å². The van der Waals surface area contributed by atoms with Crippen LogP contribution in [-0.4, -0.2) is 59.5 Å². The number of hydrogen-bond donors (Lipinski definition) is 1. The molecule has 3 rings (SSSR count). The Morgan fingerprint density at radius 1 is 1.43 bits per heavy atom. The van der Waals surface area contributed by atoms with E-state index in [4.69, 9.17) is 11.6 Å². The summed E-state index contributed by atoms with van der Waals surface area (Å²) in [6.07, 6.45) is 2.45. The van der Waals surface area contributed by atoms with Crippen LogP contribution in [0, 0.1) is 0 Å². The summed E-state index contributed by atoms with van der Waals surface area (Å²) >= 11 is 6.03. The van der Waals surface area contributed by atoms with Crippen molar-refractivity contribution in [3.63, 3.8) is 0 Å². The lowest BCUT2D eigenvalue weighted by Gasteiger charge is -2.37. The number of carbonyl (C=O) groups is 1. The average Bonchev–Trinajstić information content (AvgIpc) is 2.93. The molecular weight excluding hydrogens is 288 g/mol. The molecule has 1 atom stereocenters.